The fraction of sp³-hybridized carbons (Fsp3) is 1.00. The van der Waals surface area contributed by atoms with E-state index < -0.39 is 0 Å². The third-order valence-corrected chi connectivity index (χ3v) is 1.82. The van der Waals surface area contributed by atoms with Gasteiger partial charge in [0.05, 0.1) is 0 Å². The van der Waals surface area contributed by atoms with Crippen molar-refractivity contribution in [2.75, 3.05) is 0 Å². The van der Waals surface area contributed by atoms with Crippen LogP contribution in [0.15, 0.2) is 0 Å². The van der Waals surface area contributed by atoms with Crippen molar-refractivity contribution < 1.29 is 0 Å². The minimum absolute atomic E-state index is 0.884. The van der Waals surface area contributed by atoms with Gasteiger partial charge in [-0.2, -0.15) is 0 Å². The highest BCUT2D eigenvalue weighted by atomic mass is 13.9. The van der Waals surface area contributed by atoms with Gasteiger partial charge in [0, 0.05) is 0 Å². The summed E-state index contributed by atoms with van der Waals surface area (Å²) in [4.78, 5) is 0. The molecule has 0 aliphatic rings. The minimum Gasteiger partial charge on any atom is -0.0683 e. The Kier molecular flexibility index (Phi) is 100. The van der Waals surface area contributed by atoms with E-state index in [1.54, 1.807) is 0 Å². The van der Waals surface area contributed by atoms with E-state index in [-0.39, 0.29) is 0 Å². The van der Waals surface area contributed by atoms with E-state index in [9.17, 15) is 0 Å². The van der Waals surface area contributed by atoms with Gasteiger partial charge in [0.25, 0.3) is 0 Å². The molecule has 0 amide bonds. The van der Waals surface area contributed by atoms with Gasteiger partial charge in [0.15, 0.2) is 0 Å². The van der Waals surface area contributed by atoms with Crippen LogP contribution < -0.4 is 0 Å². The van der Waals surface area contributed by atoms with E-state index in [1.165, 1.54) is 32.1 Å². The third-order valence-electron chi connectivity index (χ3n) is 1.82. The van der Waals surface area contributed by atoms with Gasteiger partial charge < -0.3 is 0 Å². The first-order chi connectivity index (χ1) is 8.10. The van der Waals surface area contributed by atoms with Gasteiger partial charge in [0.2, 0.25) is 0 Å². The average Bonchev–Trinajstić information content (AvgIpc) is 2.43. The van der Waals surface area contributed by atoms with Crippen molar-refractivity contribution >= 4 is 0 Å². The highest BCUT2D eigenvalue weighted by Crippen LogP contribution is 1.93. The summed E-state index contributed by atoms with van der Waals surface area (Å²) < 4.78 is 0. The molecule has 0 saturated carbocycles. The van der Waals surface area contributed by atoms with Crippen LogP contribution in [0.4, 0.5) is 0 Å². The van der Waals surface area contributed by atoms with Crippen molar-refractivity contribution in [1.29, 1.82) is 0 Å². The summed E-state index contributed by atoms with van der Waals surface area (Å²) in [6, 6.07) is 0. The molecule has 0 heterocycles. The zero-order valence-corrected chi connectivity index (χ0v) is 15.1. The van der Waals surface area contributed by atoms with Gasteiger partial charge in [-0.1, -0.05) is 108 Å². The van der Waals surface area contributed by atoms with Crippen LogP contribution in [0.3, 0.4) is 0 Å². The lowest BCUT2D eigenvalue weighted by Crippen LogP contribution is -1.77. The maximum atomic E-state index is 2.22. The zero-order chi connectivity index (χ0) is 15.1. The van der Waals surface area contributed by atoms with Gasteiger partial charge in [-0.3, -0.25) is 0 Å². The maximum absolute atomic E-state index is 2.22. The Labute approximate surface area is 115 Å². The third kappa shape index (κ3) is 196. The van der Waals surface area contributed by atoms with Gasteiger partial charge in [-0.05, 0) is 5.92 Å². The maximum Gasteiger partial charge on any atom is -0.0474 e. The summed E-state index contributed by atoms with van der Waals surface area (Å²) >= 11 is 0. The van der Waals surface area contributed by atoms with Gasteiger partial charge >= 0.3 is 0 Å². The van der Waals surface area contributed by atoms with Crippen molar-refractivity contribution in [2.24, 2.45) is 5.92 Å². The molecular weight excluding hydrogens is 204 g/mol. The summed E-state index contributed by atoms with van der Waals surface area (Å²) in [5.74, 6) is 0.884. The fourth-order valence-corrected chi connectivity index (χ4v) is 0. The quantitative estimate of drug-likeness (QED) is 0.479. The molecule has 0 aliphatic heterocycles. The first-order valence-electron chi connectivity index (χ1n) is 8.10. The molecule has 0 heteroatoms. The summed E-state index contributed by atoms with van der Waals surface area (Å²) in [6.45, 7) is 23.4. The highest BCUT2D eigenvalue weighted by molar-refractivity contribution is 4.32. The Balaban J connectivity index is -0.0000000371. The first kappa shape index (κ1) is 30.2. The van der Waals surface area contributed by atoms with Crippen molar-refractivity contribution in [3.63, 3.8) is 0 Å². The number of hydrogen-bond donors (Lipinski definition) is 0. The number of hydrogen-bond acceptors (Lipinski definition) is 0. The number of unbranched alkanes of at least 4 members (excludes halogenated alkanes) is 2. The van der Waals surface area contributed by atoms with Crippen molar-refractivity contribution in [3.05, 3.63) is 0 Å². The predicted molar refractivity (Wildman–Crippen MR) is 89.0 cm³/mol. The molecule has 0 aliphatic carbocycles. The predicted octanol–water partition coefficient (Wildman–Crippen LogP) is 7.72. The van der Waals surface area contributed by atoms with E-state index in [4.69, 9.17) is 0 Å². The molecule has 0 N–H and O–H groups in total. The smallest absolute Gasteiger partial charge is 0.0474 e. The second-order valence-electron chi connectivity index (χ2n) is 3.80. The Bertz CT molecular complexity index is 38.0. The molecule has 0 bridgehead atoms. The van der Waals surface area contributed by atoms with Crippen molar-refractivity contribution in [2.45, 2.75) is 108 Å². The topological polar surface area (TPSA) is 0 Å². The molecule has 0 aromatic heterocycles. The second kappa shape index (κ2) is 56.2. The first-order valence-corrected chi connectivity index (χ1v) is 8.10. The van der Waals surface area contributed by atoms with E-state index in [0.29, 0.717) is 0 Å². The molecule has 112 valence electrons. The van der Waals surface area contributed by atoms with Crippen LogP contribution in [-0.4, -0.2) is 0 Å². The second-order valence-corrected chi connectivity index (χ2v) is 3.80. The molecule has 0 nitrogen and oxygen atoms in total. The molecule has 0 saturated heterocycles. The monoisotopic (exact) mass is 248 g/mol. The van der Waals surface area contributed by atoms with Crippen LogP contribution in [-0.2, 0) is 0 Å². The van der Waals surface area contributed by atoms with Crippen molar-refractivity contribution in [3.8, 4) is 0 Å². The highest BCUT2D eigenvalue weighted by Gasteiger charge is 1.80. The average molecular weight is 249 g/mol. The van der Waals surface area contributed by atoms with Gasteiger partial charge in [0.1, 0.15) is 0 Å². The fourth-order valence-electron chi connectivity index (χ4n) is 0. The Morgan fingerprint density at radius 2 is 0.647 bits per heavy atom. The molecule has 0 spiro atoms. The zero-order valence-electron chi connectivity index (χ0n) is 15.1. The largest absolute Gasteiger partial charge is 0.0683 e. The molecular formula is C17H44. The summed E-state index contributed by atoms with van der Waals surface area (Å²) in [5, 5.41) is 0. The summed E-state index contributed by atoms with van der Waals surface area (Å²) in [6.07, 6.45) is 6.58. The summed E-state index contributed by atoms with van der Waals surface area (Å²) in [7, 11) is 0. The van der Waals surface area contributed by atoms with Crippen LogP contribution in [0.1, 0.15) is 108 Å². The van der Waals surface area contributed by atoms with Crippen LogP contribution in [0.25, 0.3) is 0 Å². The normalized spacial score (nSPS) is 7.06. The lowest BCUT2D eigenvalue weighted by atomic mass is 10.2. The Morgan fingerprint density at radius 1 is 0.529 bits per heavy atom. The molecule has 0 fully saturated rings. The van der Waals surface area contributed by atoms with Crippen molar-refractivity contribution in [1.82, 2.24) is 0 Å². The molecule has 0 atom stereocenters. The summed E-state index contributed by atoms with van der Waals surface area (Å²) in [5.41, 5.74) is 0. The van der Waals surface area contributed by atoms with E-state index in [1.807, 2.05) is 27.7 Å². The lowest BCUT2D eigenvalue weighted by molar-refractivity contribution is 0.626. The minimum atomic E-state index is 0.884. The Hall–Kier alpha value is 0. The molecule has 0 aromatic carbocycles. The van der Waals surface area contributed by atoms with Crippen LogP contribution in [0.2, 0.25) is 0 Å². The van der Waals surface area contributed by atoms with Gasteiger partial charge in [-0.15, -0.1) is 0 Å². The van der Waals surface area contributed by atoms with Gasteiger partial charge in [-0.25, -0.2) is 0 Å². The van der Waals surface area contributed by atoms with Crippen LogP contribution in [0.5, 0.6) is 0 Å². The molecule has 0 unspecified atom stereocenters. The van der Waals surface area contributed by atoms with Crippen LogP contribution in [0, 0.1) is 5.92 Å². The molecule has 0 rings (SSSR count). The standard InChI is InChI=1S/C5H12.2C4H10.2C2H6/c1-4-5(2)3;2*1-3-4-2;2*1-2/h5H,4H2,1-3H3;2*3-4H2,1-2H3;2*1-2H3. The van der Waals surface area contributed by atoms with E-state index in [2.05, 4.69) is 48.5 Å². The molecule has 0 radical (unpaired) electrons. The lowest BCUT2D eigenvalue weighted by Gasteiger charge is -1.90. The SMILES string of the molecule is CC.CC.CCC(C)C.CCCC.CCCC. The van der Waals surface area contributed by atoms with E-state index in [0.717, 1.165) is 5.92 Å². The Morgan fingerprint density at radius 3 is 0.647 bits per heavy atom. The molecule has 17 heavy (non-hydrogen) atoms. The molecule has 0 aromatic rings. The number of rotatable bonds is 3. The van der Waals surface area contributed by atoms with Crippen LogP contribution >= 0.6 is 0 Å². The van der Waals surface area contributed by atoms with E-state index >= 15 is 0 Å².